The molecule has 3 aromatic rings. The van der Waals surface area contributed by atoms with Crippen LogP contribution in [0.15, 0.2) is 27.5 Å². The summed E-state index contributed by atoms with van der Waals surface area (Å²) in [6.07, 6.45) is 2.01. The number of H-pyrrole nitrogens is 1. The van der Waals surface area contributed by atoms with Gasteiger partial charge >= 0.3 is 0 Å². The third-order valence-corrected chi connectivity index (χ3v) is 6.13. The molecule has 4 rings (SSSR count). The van der Waals surface area contributed by atoms with Crippen molar-refractivity contribution in [3.05, 3.63) is 46.9 Å². The molecule has 1 aromatic carbocycles. The van der Waals surface area contributed by atoms with E-state index in [1.807, 2.05) is 0 Å². The van der Waals surface area contributed by atoms with Crippen LogP contribution >= 0.6 is 0 Å². The summed E-state index contributed by atoms with van der Waals surface area (Å²) in [5.41, 5.74) is 2.07. The number of aromatic amines is 1. The lowest BCUT2D eigenvalue weighted by Gasteiger charge is -2.10. The van der Waals surface area contributed by atoms with E-state index in [9.17, 15) is 12.8 Å². The van der Waals surface area contributed by atoms with E-state index in [0.29, 0.717) is 28.4 Å². The first kappa shape index (κ1) is 17.7. The molecule has 142 valence electrons. The van der Waals surface area contributed by atoms with Crippen molar-refractivity contribution < 1.29 is 17.2 Å². The van der Waals surface area contributed by atoms with E-state index in [0.717, 1.165) is 12.8 Å². The number of aryl methyl sites for hydroxylation is 3. The quantitative estimate of drug-likeness (QED) is 0.690. The van der Waals surface area contributed by atoms with Gasteiger partial charge in [-0.3, -0.25) is 4.72 Å². The average molecular weight is 390 g/mol. The Labute approximate surface area is 156 Å². The maximum Gasteiger partial charge on any atom is 0.264 e. The third kappa shape index (κ3) is 3.23. The summed E-state index contributed by atoms with van der Waals surface area (Å²) in [5, 5.41) is 8.10. The molecule has 1 saturated carbocycles. The Balaban J connectivity index is 1.76. The molecule has 0 radical (unpaired) electrons. The van der Waals surface area contributed by atoms with Gasteiger partial charge in [-0.2, -0.15) is 0 Å². The Morgan fingerprint density at radius 2 is 1.93 bits per heavy atom. The molecule has 0 amide bonds. The number of nitrogens with one attached hydrogen (secondary N) is 2. The van der Waals surface area contributed by atoms with Crippen LogP contribution in [0, 0.1) is 26.6 Å². The number of sulfonamides is 1. The predicted octanol–water partition coefficient (Wildman–Crippen LogP) is 3.81. The van der Waals surface area contributed by atoms with Crippen LogP contribution in [0.1, 0.15) is 41.6 Å². The summed E-state index contributed by atoms with van der Waals surface area (Å²) in [4.78, 5) is 3.08. The number of anilines is 1. The fourth-order valence-electron chi connectivity index (χ4n) is 3.10. The largest absolute Gasteiger partial charge is 0.420 e. The molecule has 27 heavy (non-hydrogen) atoms. The number of aromatic nitrogens is 3. The van der Waals surface area contributed by atoms with Crippen molar-refractivity contribution in [1.29, 1.82) is 0 Å². The highest BCUT2D eigenvalue weighted by Crippen LogP contribution is 2.41. The Hall–Kier alpha value is -2.68. The van der Waals surface area contributed by atoms with Crippen molar-refractivity contribution >= 4 is 15.7 Å². The second kappa shape index (κ2) is 6.19. The molecule has 1 aliphatic rings. The topological polar surface area (TPSA) is 101 Å². The molecule has 2 heterocycles. The van der Waals surface area contributed by atoms with Gasteiger partial charge in [0.05, 0.1) is 5.56 Å². The van der Waals surface area contributed by atoms with Crippen LogP contribution in [0.5, 0.6) is 0 Å². The normalized spacial score (nSPS) is 14.5. The average Bonchev–Trinajstić information content (AvgIpc) is 3.24. The molecule has 0 atom stereocenters. The van der Waals surface area contributed by atoms with Crippen LogP contribution in [0.25, 0.3) is 11.5 Å². The molecule has 0 saturated heterocycles. The first-order valence-corrected chi connectivity index (χ1v) is 10.1. The fourth-order valence-corrected chi connectivity index (χ4v) is 4.60. The van der Waals surface area contributed by atoms with Gasteiger partial charge in [0.2, 0.25) is 5.89 Å². The SMILES string of the molecule is Cc1cc(NS(=O)(=O)c2c(C)[nH]c(C)c2-c2nnc(C3CC3)o2)ccc1F. The molecular weight excluding hydrogens is 371 g/mol. The van der Waals surface area contributed by atoms with E-state index < -0.39 is 15.8 Å². The summed E-state index contributed by atoms with van der Waals surface area (Å²) in [7, 11) is -3.96. The first-order chi connectivity index (χ1) is 12.8. The number of hydrogen-bond donors (Lipinski definition) is 2. The van der Waals surface area contributed by atoms with Gasteiger partial charge in [0.1, 0.15) is 10.7 Å². The lowest BCUT2D eigenvalue weighted by Crippen LogP contribution is -2.14. The molecule has 7 nitrogen and oxygen atoms in total. The summed E-state index contributed by atoms with van der Waals surface area (Å²) < 4.78 is 47.8. The zero-order chi connectivity index (χ0) is 19.3. The number of rotatable bonds is 5. The first-order valence-electron chi connectivity index (χ1n) is 8.58. The highest BCUT2D eigenvalue weighted by atomic mass is 32.2. The molecule has 2 aromatic heterocycles. The van der Waals surface area contributed by atoms with E-state index in [-0.39, 0.29) is 22.4 Å². The molecular formula is C18H19FN4O3S. The minimum atomic E-state index is -3.96. The molecule has 1 aliphatic carbocycles. The Bertz CT molecular complexity index is 1130. The van der Waals surface area contributed by atoms with Crippen molar-refractivity contribution in [1.82, 2.24) is 15.2 Å². The zero-order valence-corrected chi connectivity index (χ0v) is 15.9. The van der Waals surface area contributed by atoms with E-state index >= 15 is 0 Å². The van der Waals surface area contributed by atoms with Gasteiger partial charge in [0.15, 0.2) is 0 Å². The standard InChI is InChI=1S/C18H19FN4O3S/c1-9-8-13(6-7-14(9)19)23-27(24,25)16-11(3)20-10(2)15(16)18-22-21-17(26-18)12-4-5-12/h6-8,12,20,23H,4-5H2,1-3H3. The summed E-state index contributed by atoms with van der Waals surface area (Å²) in [6.45, 7) is 4.99. The van der Waals surface area contributed by atoms with E-state index in [1.165, 1.54) is 18.2 Å². The smallest absolute Gasteiger partial charge is 0.264 e. The van der Waals surface area contributed by atoms with Crippen molar-refractivity contribution in [3.8, 4) is 11.5 Å². The molecule has 0 aliphatic heterocycles. The number of benzene rings is 1. The number of hydrogen-bond acceptors (Lipinski definition) is 5. The Morgan fingerprint density at radius 3 is 2.59 bits per heavy atom. The minimum Gasteiger partial charge on any atom is -0.420 e. The molecule has 9 heteroatoms. The monoisotopic (exact) mass is 390 g/mol. The highest BCUT2D eigenvalue weighted by molar-refractivity contribution is 7.93. The molecule has 2 N–H and O–H groups in total. The lowest BCUT2D eigenvalue weighted by atomic mass is 10.2. The highest BCUT2D eigenvalue weighted by Gasteiger charge is 2.33. The number of nitrogens with zero attached hydrogens (tertiary/aromatic N) is 2. The third-order valence-electron chi connectivity index (χ3n) is 4.58. The fraction of sp³-hybridized carbons (Fsp3) is 0.333. The minimum absolute atomic E-state index is 0.0491. The summed E-state index contributed by atoms with van der Waals surface area (Å²) >= 11 is 0. The van der Waals surface area contributed by atoms with Gasteiger partial charge in [0.25, 0.3) is 15.9 Å². The van der Waals surface area contributed by atoms with Gasteiger partial charge in [-0.1, -0.05) is 0 Å². The van der Waals surface area contributed by atoms with E-state index in [2.05, 4.69) is 19.9 Å². The molecule has 0 bridgehead atoms. The lowest BCUT2D eigenvalue weighted by molar-refractivity contribution is 0.507. The number of halogens is 1. The van der Waals surface area contributed by atoms with Crippen LogP contribution in [-0.2, 0) is 10.0 Å². The van der Waals surface area contributed by atoms with Crippen LogP contribution in [0.2, 0.25) is 0 Å². The maximum atomic E-state index is 13.5. The summed E-state index contributed by atoms with van der Waals surface area (Å²) in [6, 6.07) is 4.05. The van der Waals surface area contributed by atoms with Gasteiger partial charge in [-0.25, -0.2) is 12.8 Å². The van der Waals surface area contributed by atoms with E-state index in [4.69, 9.17) is 4.42 Å². The Morgan fingerprint density at radius 1 is 1.19 bits per heavy atom. The Kier molecular flexibility index (Phi) is 4.06. The molecule has 1 fully saturated rings. The van der Waals surface area contributed by atoms with Crippen LogP contribution in [-0.4, -0.2) is 23.6 Å². The van der Waals surface area contributed by atoms with Gasteiger partial charge in [-0.05, 0) is 57.4 Å². The van der Waals surface area contributed by atoms with Crippen molar-refractivity contribution in [2.75, 3.05) is 4.72 Å². The van der Waals surface area contributed by atoms with Gasteiger partial charge < -0.3 is 9.40 Å². The molecule has 0 spiro atoms. The van der Waals surface area contributed by atoms with Crippen LogP contribution in [0.3, 0.4) is 0 Å². The van der Waals surface area contributed by atoms with Gasteiger partial charge in [0, 0.05) is 23.0 Å². The molecule has 0 unspecified atom stereocenters. The zero-order valence-electron chi connectivity index (χ0n) is 15.1. The van der Waals surface area contributed by atoms with Crippen LogP contribution < -0.4 is 4.72 Å². The van der Waals surface area contributed by atoms with Crippen molar-refractivity contribution in [2.24, 2.45) is 0 Å². The second-order valence-electron chi connectivity index (χ2n) is 6.87. The van der Waals surface area contributed by atoms with Crippen molar-refractivity contribution in [3.63, 3.8) is 0 Å². The van der Waals surface area contributed by atoms with Gasteiger partial charge in [-0.15, -0.1) is 10.2 Å². The van der Waals surface area contributed by atoms with Crippen LogP contribution in [0.4, 0.5) is 10.1 Å². The second-order valence-corrected chi connectivity index (χ2v) is 8.49. The van der Waals surface area contributed by atoms with Crippen molar-refractivity contribution in [2.45, 2.75) is 44.4 Å². The maximum absolute atomic E-state index is 13.5. The predicted molar refractivity (Wildman–Crippen MR) is 97.5 cm³/mol. The summed E-state index contributed by atoms with van der Waals surface area (Å²) in [5.74, 6) is 0.584. The van der Waals surface area contributed by atoms with E-state index in [1.54, 1.807) is 20.8 Å².